The quantitative estimate of drug-likeness (QED) is 0.762. The van der Waals surface area contributed by atoms with Crippen molar-refractivity contribution in [3.05, 3.63) is 17.8 Å². The number of nitrogens with zero attached hydrogens (tertiary/aromatic N) is 1. The van der Waals surface area contributed by atoms with E-state index in [0.717, 1.165) is 11.7 Å². The summed E-state index contributed by atoms with van der Waals surface area (Å²) in [6, 6.07) is 0.226. The number of hydrogen-bond acceptors (Lipinski definition) is 3. The number of aromatic nitrogens is 1. The monoisotopic (exact) mass is 182 g/mol. The van der Waals surface area contributed by atoms with Crippen LogP contribution in [0.15, 0.2) is 10.6 Å². The Kier molecular flexibility index (Phi) is 2.76. The molecule has 1 unspecified atom stereocenters. The highest BCUT2D eigenvalue weighted by molar-refractivity contribution is 5.04. The summed E-state index contributed by atoms with van der Waals surface area (Å²) in [5, 5.41) is 3.11. The first-order valence-electron chi connectivity index (χ1n) is 4.58. The predicted molar refractivity (Wildman–Crippen MR) is 52.7 cm³/mol. The molecule has 1 aromatic heterocycles. The first kappa shape index (κ1) is 10.3. The molecule has 0 aliphatic carbocycles. The van der Waals surface area contributed by atoms with Crippen molar-refractivity contribution < 1.29 is 4.42 Å². The van der Waals surface area contributed by atoms with E-state index in [0.29, 0.717) is 0 Å². The highest BCUT2D eigenvalue weighted by Crippen LogP contribution is 2.23. The third kappa shape index (κ3) is 2.31. The Balaban J connectivity index is 2.87. The first-order chi connectivity index (χ1) is 5.95. The minimum Gasteiger partial charge on any atom is -0.444 e. The molecule has 1 atom stereocenters. The molecule has 13 heavy (non-hydrogen) atoms. The lowest BCUT2D eigenvalue weighted by molar-refractivity contribution is 0.353. The molecule has 0 saturated carbocycles. The Morgan fingerprint density at radius 1 is 1.46 bits per heavy atom. The zero-order valence-electron chi connectivity index (χ0n) is 9.01. The van der Waals surface area contributed by atoms with Crippen LogP contribution in [0.1, 0.15) is 45.4 Å². The van der Waals surface area contributed by atoms with Gasteiger partial charge in [-0.25, -0.2) is 4.98 Å². The molecule has 0 bridgehead atoms. The van der Waals surface area contributed by atoms with Crippen LogP contribution in [0.5, 0.6) is 0 Å². The molecule has 0 saturated heterocycles. The van der Waals surface area contributed by atoms with Gasteiger partial charge in [0.25, 0.3) is 0 Å². The predicted octanol–water partition coefficient (Wildman–Crippen LogP) is 2.25. The summed E-state index contributed by atoms with van der Waals surface area (Å²) in [7, 11) is 1.91. The van der Waals surface area contributed by atoms with Crippen molar-refractivity contribution in [1.29, 1.82) is 0 Å². The summed E-state index contributed by atoms with van der Waals surface area (Å²) in [6.07, 6.45) is 1.79. The highest BCUT2D eigenvalue weighted by Gasteiger charge is 2.21. The molecule has 1 aromatic rings. The second kappa shape index (κ2) is 3.50. The van der Waals surface area contributed by atoms with E-state index >= 15 is 0 Å². The van der Waals surface area contributed by atoms with Crippen LogP contribution in [0, 0.1) is 0 Å². The lowest BCUT2D eigenvalue weighted by Crippen LogP contribution is -2.12. The summed E-state index contributed by atoms with van der Waals surface area (Å²) in [5.74, 6) is 1.69. The number of hydrogen-bond donors (Lipinski definition) is 1. The summed E-state index contributed by atoms with van der Waals surface area (Å²) in [5.41, 5.74) is -0.00822. The van der Waals surface area contributed by atoms with Gasteiger partial charge >= 0.3 is 0 Å². The topological polar surface area (TPSA) is 38.1 Å². The highest BCUT2D eigenvalue weighted by atomic mass is 16.4. The Labute approximate surface area is 79.5 Å². The fourth-order valence-corrected chi connectivity index (χ4v) is 0.976. The van der Waals surface area contributed by atoms with Crippen LogP contribution in [-0.2, 0) is 5.41 Å². The van der Waals surface area contributed by atoms with Crippen molar-refractivity contribution in [2.24, 2.45) is 0 Å². The zero-order valence-corrected chi connectivity index (χ0v) is 9.01. The zero-order chi connectivity index (χ0) is 10.1. The fraction of sp³-hybridized carbons (Fsp3) is 0.700. The molecule has 0 fully saturated rings. The lowest BCUT2D eigenvalue weighted by Gasteiger charge is -2.13. The van der Waals surface area contributed by atoms with Gasteiger partial charge < -0.3 is 9.73 Å². The van der Waals surface area contributed by atoms with Crippen molar-refractivity contribution in [2.45, 2.75) is 39.2 Å². The number of nitrogens with one attached hydrogen (secondary N) is 1. The summed E-state index contributed by atoms with van der Waals surface area (Å²) in [6.45, 7) is 8.32. The molecule has 0 radical (unpaired) electrons. The molecule has 0 aliphatic heterocycles. The van der Waals surface area contributed by atoms with Gasteiger partial charge in [-0.3, -0.25) is 0 Å². The number of oxazole rings is 1. The van der Waals surface area contributed by atoms with Crippen molar-refractivity contribution in [1.82, 2.24) is 10.3 Å². The van der Waals surface area contributed by atoms with E-state index in [-0.39, 0.29) is 11.5 Å². The lowest BCUT2D eigenvalue weighted by atomic mass is 9.97. The van der Waals surface area contributed by atoms with E-state index < -0.39 is 0 Å². The van der Waals surface area contributed by atoms with Crippen molar-refractivity contribution in [2.75, 3.05) is 7.05 Å². The van der Waals surface area contributed by atoms with E-state index in [1.807, 2.05) is 14.0 Å². The maximum Gasteiger partial charge on any atom is 0.199 e. The summed E-state index contributed by atoms with van der Waals surface area (Å²) in [4.78, 5) is 4.25. The SMILES string of the molecule is CNC(C)c1cnc(C(C)(C)C)o1. The van der Waals surface area contributed by atoms with Crippen LogP contribution >= 0.6 is 0 Å². The fourth-order valence-electron chi connectivity index (χ4n) is 0.976. The normalized spacial score (nSPS) is 14.5. The van der Waals surface area contributed by atoms with E-state index in [2.05, 4.69) is 31.1 Å². The first-order valence-corrected chi connectivity index (χ1v) is 4.58. The molecule has 0 amide bonds. The van der Waals surface area contributed by atoms with Gasteiger partial charge in [0.1, 0.15) is 5.76 Å². The standard InChI is InChI=1S/C10H18N2O/c1-7(11-5)8-6-12-9(13-8)10(2,3)4/h6-7,11H,1-5H3. The van der Waals surface area contributed by atoms with Crippen molar-refractivity contribution in [3.63, 3.8) is 0 Å². The van der Waals surface area contributed by atoms with Gasteiger partial charge in [-0.05, 0) is 14.0 Å². The number of rotatable bonds is 2. The molecule has 0 aliphatic rings. The Hall–Kier alpha value is -0.830. The molecular weight excluding hydrogens is 164 g/mol. The van der Waals surface area contributed by atoms with Crippen LogP contribution in [0.25, 0.3) is 0 Å². The molecule has 3 nitrogen and oxygen atoms in total. The second-order valence-electron chi connectivity index (χ2n) is 4.33. The van der Waals surface area contributed by atoms with Gasteiger partial charge in [0.2, 0.25) is 0 Å². The van der Waals surface area contributed by atoms with E-state index in [1.165, 1.54) is 0 Å². The Morgan fingerprint density at radius 2 is 2.08 bits per heavy atom. The molecule has 1 rings (SSSR count). The van der Waals surface area contributed by atoms with Crippen LogP contribution in [0.4, 0.5) is 0 Å². The molecule has 0 aromatic carbocycles. The van der Waals surface area contributed by atoms with Gasteiger partial charge in [0, 0.05) is 5.41 Å². The maximum absolute atomic E-state index is 5.63. The molecule has 74 valence electrons. The largest absolute Gasteiger partial charge is 0.444 e. The summed E-state index contributed by atoms with van der Waals surface area (Å²) < 4.78 is 5.63. The molecule has 0 spiro atoms. The van der Waals surface area contributed by atoms with Crippen molar-refractivity contribution in [3.8, 4) is 0 Å². The van der Waals surface area contributed by atoms with E-state index in [4.69, 9.17) is 4.42 Å². The van der Waals surface area contributed by atoms with Crippen LogP contribution in [0.2, 0.25) is 0 Å². The van der Waals surface area contributed by atoms with Crippen LogP contribution < -0.4 is 5.32 Å². The maximum atomic E-state index is 5.63. The minimum absolute atomic E-state index is 0.00822. The van der Waals surface area contributed by atoms with E-state index in [9.17, 15) is 0 Å². The summed E-state index contributed by atoms with van der Waals surface area (Å²) >= 11 is 0. The second-order valence-corrected chi connectivity index (χ2v) is 4.33. The van der Waals surface area contributed by atoms with Gasteiger partial charge in [0.05, 0.1) is 12.2 Å². The average molecular weight is 182 g/mol. The van der Waals surface area contributed by atoms with Crippen LogP contribution in [0.3, 0.4) is 0 Å². The third-order valence-corrected chi connectivity index (χ3v) is 2.02. The molecular formula is C10H18N2O. The molecule has 3 heteroatoms. The average Bonchev–Trinajstić information content (AvgIpc) is 2.50. The van der Waals surface area contributed by atoms with Crippen LogP contribution in [-0.4, -0.2) is 12.0 Å². The smallest absolute Gasteiger partial charge is 0.199 e. The van der Waals surface area contributed by atoms with Gasteiger partial charge in [-0.1, -0.05) is 20.8 Å². The minimum atomic E-state index is -0.00822. The van der Waals surface area contributed by atoms with Crippen molar-refractivity contribution >= 4 is 0 Å². The van der Waals surface area contributed by atoms with Gasteiger partial charge in [0.15, 0.2) is 5.89 Å². The molecule has 1 heterocycles. The Morgan fingerprint density at radius 3 is 2.46 bits per heavy atom. The Bertz CT molecular complexity index is 273. The van der Waals surface area contributed by atoms with Gasteiger partial charge in [-0.2, -0.15) is 0 Å². The molecule has 1 N–H and O–H groups in total. The van der Waals surface area contributed by atoms with E-state index in [1.54, 1.807) is 6.20 Å². The third-order valence-electron chi connectivity index (χ3n) is 2.02. The van der Waals surface area contributed by atoms with Gasteiger partial charge in [-0.15, -0.1) is 0 Å².